The molecular weight excluding hydrogens is 401 g/mol. The van der Waals surface area contributed by atoms with Crippen molar-refractivity contribution in [2.45, 2.75) is 13.8 Å². The Balaban J connectivity index is 1.65. The molecule has 0 radical (unpaired) electrons. The smallest absolute Gasteiger partial charge is 0.361 e. The number of rotatable bonds is 9. The maximum Gasteiger partial charge on any atom is 0.361 e. The molecule has 0 saturated heterocycles. The second kappa shape index (κ2) is 10.2. The van der Waals surface area contributed by atoms with E-state index in [1.807, 2.05) is 30.3 Å². The van der Waals surface area contributed by atoms with Crippen LogP contribution in [0.4, 0.5) is 5.69 Å². The molecule has 6 nitrogen and oxygen atoms in total. The van der Waals surface area contributed by atoms with Crippen LogP contribution in [-0.4, -0.2) is 19.1 Å². The molecule has 0 aliphatic heterocycles. The summed E-state index contributed by atoms with van der Waals surface area (Å²) < 4.78 is 29.2. The lowest BCUT2D eigenvalue weighted by Gasteiger charge is -2.17. The highest BCUT2D eigenvalue weighted by Gasteiger charge is 2.26. The molecule has 156 valence electrons. The van der Waals surface area contributed by atoms with Crippen LogP contribution in [0.25, 0.3) is 0 Å². The van der Waals surface area contributed by atoms with Crippen molar-refractivity contribution in [1.82, 2.24) is 0 Å². The molecule has 0 aliphatic carbocycles. The van der Waals surface area contributed by atoms with Crippen molar-refractivity contribution < 1.29 is 23.1 Å². The van der Waals surface area contributed by atoms with Crippen LogP contribution < -0.4 is 15.4 Å². The zero-order valence-corrected chi connectivity index (χ0v) is 17.8. The van der Waals surface area contributed by atoms with Gasteiger partial charge in [0.05, 0.1) is 18.5 Å². The number of ether oxygens (including phenoxy) is 1. The van der Waals surface area contributed by atoms with Crippen molar-refractivity contribution in [3.63, 3.8) is 0 Å². The predicted octanol–water partition coefficient (Wildman–Crippen LogP) is 5.62. The van der Waals surface area contributed by atoms with Crippen LogP contribution in [-0.2, 0) is 13.6 Å². The van der Waals surface area contributed by atoms with E-state index in [4.69, 9.17) is 13.8 Å². The first kappa shape index (κ1) is 21.8. The lowest BCUT2D eigenvalue weighted by Crippen LogP contribution is -2.14. The van der Waals surface area contributed by atoms with Gasteiger partial charge in [0.1, 0.15) is 11.5 Å². The second-order valence-corrected chi connectivity index (χ2v) is 8.30. The minimum Gasteiger partial charge on any atom is -0.457 e. The number of nitrogens with one attached hydrogen (secondary N) is 1. The highest BCUT2D eigenvalue weighted by Crippen LogP contribution is 2.46. The summed E-state index contributed by atoms with van der Waals surface area (Å²) in [5.74, 6) is 1.11. The Morgan fingerprint density at radius 2 is 1.37 bits per heavy atom. The molecular formula is C23H24NO5P. The van der Waals surface area contributed by atoms with Gasteiger partial charge < -0.3 is 19.1 Å². The van der Waals surface area contributed by atoms with E-state index in [0.29, 0.717) is 22.3 Å². The Bertz CT molecular complexity index is 994. The van der Waals surface area contributed by atoms with Crippen molar-refractivity contribution in [2.75, 3.05) is 18.5 Å². The number of para-hydroxylation sites is 1. The predicted molar refractivity (Wildman–Crippen MR) is 118 cm³/mol. The highest BCUT2D eigenvalue weighted by molar-refractivity contribution is 7.62. The molecule has 0 aliphatic rings. The van der Waals surface area contributed by atoms with Gasteiger partial charge in [0.25, 0.3) is 5.91 Å². The Labute approximate surface area is 176 Å². The fourth-order valence-corrected chi connectivity index (χ4v) is 4.32. The fourth-order valence-electron chi connectivity index (χ4n) is 2.76. The van der Waals surface area contributed by atoms with E-state index in [-0.39, 0.29) is 19.1 Å². The summed E-state index contributed by atoms with van der Waals surface area (Å²) in [6, 6.07) is 22.9. The van der Waals surface area contributed by atoms with Crippen LogP contribution in [0.15, 0.2) is 78.9 Å². The van der Waals surface area contributed by atoms with E-state index >= 15 is 0 Å². The fraction of sp³-hybridized carbons (Fsp3) is 0.174. The first-order valence-corrected chi connectivity index (χ1v) is 11.2. The molecule has 3 rings (SSSR count). The van der Waals surface area contributed by atoms with Crippen LogP contribution in [0.5, 0.6) is 11.5 Å². The van der Waals surface area contributed by atoms with Crippen molar-refractivity contribution in [3.8, 4) is 11.5 Å². The summed E-state index contributed by atoms with van der Waals surface area (Å²) in [5.41, 5.74) is 1.07. The largest absolute Gasteiger partial charge is 0.457 e. The third kappa shape index (κ3) is 5.57. The number of amides is 1. The molecule has 0 saturated carbocycles. The molecule has 0 aromatic heterocycles. The minimum atomic E-state index is -3.35. The Kier molecular flexibility index (Phi) is 7.41. The summed E-state index contributed by atoms with van der Waals surface area (Å²) in [5, 5.41) is 3.27. The lowest BCUT2D eigenvalue weighted by atomic mass is 10.2. The van der Waals surface area contributed by atoms with E-state index in [9.17, 15) is 9.36 Å². The molecule has 3 aromatic rings. The number of carbonyl (C=O) groups is 1. The zero-order valence-electron chi connectivity index (χ0n) is 16.9. The van der Waals surface area contributed by atoms with Gasteiger partial charge in [-0.25, -0.2) is 0 Å². The van der Waals surface area contributed by atoms with Gasteiger partial charge in [-0.1, -0.05) is 18.2 Å². The summed E-state index contributed by atoms with van der Waals surface area (Å²) >= 11 is 0. The maximum atomic E-state index is 12.8. The second-order valence-electron chi connectivity index (χ2n) is 6.27. The van der Waals surface area contributed by atoms with Crippen molar-refractivity contribution in [1.29, 1.82) is 0 Å². The first-order valence-electron chi connectivity index (χ1n) is 9.68. The van der Waals surface area contributed by atoms with E-state index in [0.717, 1.165) is 5.75 Å². The highest BCUT2D eigenvalue weighted by atomic mass is 31.2. The molecule has 0 unspecified atom stereocenters. The van der Waals surface area contributed by atoms with Gasteiger partial charge in [0.2, 0.25) is 0 Å². The molecule has 7 heteroatoms. The Hall–Kier alpha value is -2.92. The molecule has 0 spiro atoms. The van der Waals surface area contributed by atoms with Crippen LogP contribution >= 0.6 is 7.60 Å². The van der Waals surface area contributed by atoms with Crippen LogP contribution in [0, 0.1) is 0 Å². The standard InChI is InChI=1S/C23H24NO5P/c1-3-27-30(26,28-4-2)22-16-12-19(13-17-22)24-23(25)18-10-14-21(15-11-18)29-20-8-6-5-7-9-20/h5-17H,3-4H2,1-2H3,(H,24,25). The molecule has 0 atom stereocenters. The minimum absolute atomic E-state index is 0.258. The lowest BCUT2D eigenvalue weighted by molar-refractivity contribution is 0.102. The van der Waals surface area contributed by atoms with Crippen molar-refractivity contribution >= 4 is 24.5 Å². The topological polar surface area (TPSA) is 73.9 Å². The SMILES string of the molecule is CCOP(=O)(OCC)c1ccc(NC(=O)c2ccc(Oc3ccccc3)cc2)cc1. The summed E-state index contributed by atoms with van der Waals surface area (Å²) in [7, 11) is -3.35. The molecule has 0 heterocycles. The number of anilines is 1. The number of benzene rings is 3. The van der Waals surface area contributed by atoms with Crippen LogP contribution in [0.3, 0.4) is 0 Å². The van der Waals surface area contributed by atoms with Crippen molar-refractivity contribution in [2.24, 2.45) is 0 Å². The van der Waals surface area contributed by atoms with Gasteiger partial charge >= 0.3 is 7.60 Å². The number of hydrogen-bond donors (Lipinski definition) is 1. The number of carbonyl (C=O) groups excluding carboxylic acids is 1. The normalized spacial score (nSPS) is 11.1. The van der Waals surface area contributed by atoms with Gasteiger partial charge in [-0.15, -0.1) is 0 Å². The van der Waals surface area contributed by atoms with E-state index in [1.165, 1.54) is 0 Å². The molecule has 1 N–H and O–H groups in total. The van der Waals surface area contributed by atoms with E-state index < -0.39 is 7.60 Å². The van der Waals surface area contributed by atoms with Crippen LogP contribution in [0.1, 0.15) is 24.2 Å². The average Bonchev–Trinajstić information content (AvgIpc) is 2.76. The average molecular weight is 425 g/mol. The summed E-state index contributed by atoms with van der Waals surface area (Å²) in [4.78, 5) is 12.5. The van der Waals surface area contributed by atoms with E-state index in [1.54, 1.807) is 62.4 Å². The molecule has 30 heavy (non-hydrogen) atoms. The zero-order chi connectivity index (χ0) is 21.4. The monoisotopic (exact) mass is 425 g/mol. The van der Waals surface area contributed by atoms with Gasteiger partial charge in [0, 0.05) is 11.3 Å². The van der Waals surface area contributed by atoms with Crippen LogP contribution in [0.2, 0.25) is 0 Å². The van der Waals surface area contributed by atoms with Gasteiger partial charge in [-0.3, -0.25) is 9.36 Å². The third-order valence-electron chi connectivity index (χ3n) is 4.13. The number of hydrogen-bond acceptors (Lipinski definition) is 5. The van der Waals surface area contributed by atoms with Crippen molar-refractivity contribution in [3.05, 3.63) is 84.4 Å². The third-order valence-corrected chi connectivity index (χ3v) is 6.26. The summed E-state index contributed by atoms with van der Waals surface area (Å²) in [6.07, 6.45) is 0. The van der Waals surface area contributed by atoms with Gasteiger partial charge in [0.15, 0.2) is 0 Å². The van der Waals surface area contributed by atoms with E-state index in [2.05, 4.69) is 5.32 Å². The molecule has 0 bridgehead atoms. The Morgan fingerprint density at radius 3 is 1.93 bits per heavy atom. The maximum absolute atomic E-state index is 12.8. The molecule has 1 amide bonds. The van der Waals surface area contributed by atoms with Gasteiger partial charge in [-0.05, 0) is 74.5 Å². The van der Waals surface area contributed by atoms with Gasteiger partial charge in [-0.2, -0.15) is 0 Å². The quantitative estimate of drug-likeness (QED) is 0.450. The Morgan fingerprint density at radius 1 is 0.800 bits per heavy atom. The molecule has 0 fully saturated rings. The summed E-state index contributed by atoms with van der Waals surface area (Å²) in [6.45, 7) is 4.08. The first-order chi connectivity index (χ1) is 14.5. The molecule has 3 aromatic carbocycles.